The van der Waals surface area contributed by atoms with Crippen molar-refractivity contribution in [3.8, 4) is 0 Å². The van der Waals surface area contributed by atoms with Crippen molar-refractivity contribution in [3.05, 3.63) is 0 Å². The molecule has 0 saturated carbocycles. The van der Waals surface area contributed by atoms with Crippen molar-refractivity contribution < 1.29 is 19.4 Å². The van der Waals surface area contributed by atoms with Crippen molar-refractivity contribution in [2.24, 2.45) is 5.92 Å². The number of esters is 1. The number of hydrogen-bond acceptors (Lipinski definition) is 5. The van der Waals surface area contributed by atoms with E-state index in [9.17, 15) is 14.7 Å². The number of unbranched alkanes of at least 4 members (excludes halogenated alkanes) is 13. The molecule has 1 N–H and O–H groups in total. The van der Waals surface area contributed by atoms with E-state index in [0.717, 1.165) is 32.2 Å². The first-order valence-electron chi connectivity index (χ1n) is 15.1. The summed E-state index contributed by atoms with van der Waals surface area (Å²) in [7, 11) is 0. The average molecular weight is 498 g/mol. The molecule has 0 saturated heterocycles. The third kappa shape index (κ3) is 24.5. The van der Waals surface area contributed by atoms with Gasteiger partial charge in [-0.25, -0.2) is 0 Å². The molecule has 0 fully saturated rings. The van der Waals surface area contributed by atoms with E-state index in [0.29, 0.717) is 31.9 Å². The van der Waals surface area contributed by atoms with E-state index in [-0.39, 0.29) is 12.6 Å². The zero-order chi connectivity index (χ0) is 25.8. The van der Waals surface area contributed by atoms with E-state index < -0.39 is 0 Å². The second-order valence-electron chi connectivity index (χ2n) is 10.3. The van der Waals surface area contributed by atoms with Gasteiger partial charge in [0.1, 0.15) is 6.29 Å². The number of aliphatic hydroxyl groups excluding tert-OH is 1. The fourth-order valence-corrected chi connectivity index (χ4v) is 4.70. The summed E-state index contributed by atoms with van der Waals surface area (Å²) in [6.45, 7) is 7.33. The Labute approximate surface area is 217 Å². The largest absolute Gasteiger partial charge is 0.465 e. The van der Waals surface area contributed by atoms with Gasteiger partial charge in [-0.15, -0.1) is 0 Å². The zero-order valence-corrected chi connectivity index (χ0v) is 23.5. The molecule has 5 nitrogen and oxygen atoms in total. The molecule has 0 bridgehead atoms. The maximum absolute atomic E-state index is 12.4. The average Bonchev–Trinajstić information content (AvgIpc) is 2.85. The van der Waals surface area contributed by atoms with E-state index in [2.05, 4.69) is 18.7 Å². The third-order valence-electron chi connectivity index (χ3n) is 6.98. The van der Waals surface area contributed by atoms with Crippen molar-refractivity contribution in [3.63, 3.8) is 0 Å². The SMILES string of the molecule is CCCCCCCCCCC(CCCCCCCC)COC(=O)CCCN(CCO)CCCC=O. The van der Waals surface area contributed by atoms with Gasteiger partial charge in [-0.3, -0.25) is 4.79 Å². The van der Waals surface area contributed by atoms with Gasteiger partial charge in [-0.05, 0) is 44.7 Å². The highest BCUT2D eigenvalue weighted by atomic mass is 16.5. The Morgan fingerprint density at radius 2 is 1.26 bits per heavy atom. The minimum absolute atomic E-state index is 0.0919. The topological polar surface area (TPSA) is 66.8 Å². The van der Waals surface area contributed by atoms with E-state index in [4.69, 9.17) is 4.74 Å². The number of aldehydes is 1. The van der Waals surface area contributed by atoms with E-state index >= 15 is 0 Å². The number of nitrogens with zero attached hydrogens (tertiary/aromatic N) is 1. The van der Waals surface area contributed by atoms with Crippen LogP contribution in [0, 0.1) is 5.92 Å². The van der Waals surface area contributed by atoms with E-state index in [1.54, 1.807) is 0 Å². The summed E-state index contributed by atoms with van der Waals surface area (Å²) in [6.07, 6.45) is 24.3. The fraction of sp³-hybridized carbons (Fsp3) is 0.933. The van der Waals surface area contributed by atoms with Gasteiger partial charge in [0.05, 0.1) is 13.2 Å². The summed E-state index contributed by atoms with van der Waals surface area (Å²) >= 11 is 0. The maximum Gasteiger partial charge on any atom is 0.305 e. The first-order valence-corrected chi connectivity index (χ1v) is 15.1. The van der Waals surface area contributed by atoms with Crippen LogP contribution in [0.1, 0.15) is 142 Å². The lowest BCUT2D eigenvalue weighted by Gasteiger charge is -2.21. The number of carbonyl (C=O) groups excluding carboxylic acids is 2. The Balaban J connectivity index is 4.22. The van der Waals surface area contributed by atoms with Crippen LogP contribution in [-0.4, -0.2) is 55.1 Å². The lowest BCUT2D eigenvalue weighted by Crippen LogP contribution is -2.29. The number of carbonyl (C=O) groups is 2. The molecule has 0 aliphatic rings. The van der Waals surface area contributed by atoms with Crippen molar-refractivity contribution in [2.45, 2.75) is 142 Å². The predicted octanol–water partition coefficient (Wildman–Crippen LogP) is 7.48. The highest BCUT2D eigenvalue weighted by molar-refractivity contribution is 5.69. The van der Waals surface area contributed by atoms with Gasteiger partial charge in [0.25, 0.3) is 0 Å². The quantitative estimate of drug-likeness (QED) is 0.0689. The van der Waals surface area contributed by atoms with Crippen LogP contribution in [0.3, 0.4) is 0 Å². The first-order chi connectivity index (χ1) is 17.2. The zero-order valence-electron chi connectivity index (χ0n) is 23.5. The molecule has 0 aromatic rings. The molecule has 0 radical (unpaired) electrons. The Morgan fingerprint density at radius 3 is 1.77 bits per heavy atom. The van der Waals surface area contributed by atoms with Crippen molar-refractivity contribution in [1.29, 1.82) is 0 Å². The number of aliphatic hydroxyl groups is 1. The minimum Gasteiger partial charge on any atom is -0.465 e. The third-order valence-corrected chi connectivity index (χ3v) is 6.98. The van der Waals surface area contributed by atoms with Crippen LogP contribution < -0.4 is 0 Å². The van der Waals surface area contributed by atoms with E-state index in [1.807, 2.05) is 0 Å². The molecule has 0 aromatic heterocycles. The summed E-state index contributed by atoms with van der Waals surface area (Å²) in [5.74, 6) is 0.408. The molecule has 0 heterocycles. The van der Waals surface area contributed by atoms with Gasteiger partial charge in [0.15, 0.2) is 0 Å². The Hall–Kier alpha value is -0.940. The van der Waals surface area contributed by atoms with Crippen LogP contribution in [0.2, 0.25) is 0 Å². The number of hydrogen-bond donors (Lipinski definition) is 1. The molecule has 1 atom stereocenters. The van der Waals surface area contributed by atoms with Crippen LogP contribution >= 0.6 is 0 Å². The molecule has 208 valence electrons. The first kappa shape index (κ1) is 34.1. The molecule has 5 heteroatoms. The van der Waals surface area contributed by atoms with Crippen LogP contribution in [0.25, 0.3) is 0 Å². The molecule has 0 rings (SSSR count). The van der Waals surface area contributed by atoms with Crippen LogP contribution in [0.15, 0.2) is 0 Å². The van der Waals surface area contributed by atoms with Gasteiger partial charge < -0.3 is 19.5 Å². The van der Waals surface area contributed by atoms with Crippen LogP contribution in [0.4, 0.5) is 0 Å². The Kier molecular flexibility index (Phi) is 26.9. The summed E-state index contributed by atoms with van der Waals surface area (Å²) in [6, 6.07) is 0. The standard InChI is InChI=1S/C30H59NO4/c1-3-5-7-9-11-12-14-16-21-29(20-15-13-10-8-6-4-2)28-35-30(34)22-19-24-31(25-27-33)23-17-18-26-32/h26,29,33H,3-25,27-28H2,1-2H3. The number of ether oxygens (including phenoxy) is 1. The van der Waals surface area contributed by atoms with Gasteiger partial charge >= 0.3 is 5.97 Å². The van der Waals surface area contributed by atoms with Crippen molar-refractivity contribution >= 4 is 12.3 Å². The van der Waals surface area contributed by atoms with Gasteiger partial charge in [-0.2, -0.15) is 0 Å². The minimum atomic E-state index is -0.0919. The summed E-state index contributed by atoms with van der Waals surface area (Å²) in [5, 5.41) is 9.23. The molecule has 0 spiro atoms. The lowest BCUT2D eigenvalue weighted by molar-refractivity contribution is -0.145. The predicted molar refractivity (Wildman–Crippen MR) is 148 cm³/mol. The molecule has 0 amide bonds. The molecule has 0 aromatic carbocycles. The molecule has 35 heavy (non-hydrogen) atoms. The normalized spacial score (nSPS) is 12.2. The lowest BCUT2D eigenvalue weighted by atomic mass is 9.94. The van der Waals surface area contributed by atoms with Gasteiger partial charge in [0.2, 0.25) is 0 Å². The smallest absolute Gasteiger partial charge is 0.305 e. The van der Waals surface area contributed by atoms with Crippen LogP contribution in [-0.2, 0) is 14.3 Å². The van der Waals surface area contributed by atoms with Gasteiger partial charge in [0, 0.05) is 19.4 Å². The monoisotopic (exact) mass is 497 g/mol. The highest BCUT2D eigenvalue weighted by Crippen LogP contribution is 2.20. The van der Waals surface area contributed by atoms with Crippen molar-refractivity contribution in [1.82, 2.24) is 4.90 Å². The second-order valence-corrected chi connectivity index (χ2v) is 10.3. The summed E-state index contributed by atoms with van der Waals surface area (Å²) < 4.78 is 5.71. The molecular formula is C30H59NO4. The molecule has 0 aliphatic heterocycles. The Bertz CT molecular complexity index is 458. The maximum atomic E-state index is 12.4. The van der Waals surface area contributed by atoms with Crippen LogP contribution in [0.5, 0.6) is 0 Å². The summed E-state index contributed by atoms with van der Waals surface area (Å²) in [4.78, 5) is 25.0. The highest BCUT2D eigenvalue weighted by Gasteiger charge is 2.13. The molecule has 1 unspecified atom stereocenters. The van der Waals surface area contributed by atoms with E-state index in [1.165, 1.54) is 103 Å². The molecule has 0 aliphatic carbocycles. The van der Waals surface area contributed by atoms with Crippen molar-refractivity contribution in [2.75, 3.05) is 32.8 Å². The summed E-state index contributed by atoms with van der Waals surface area (Å²) in [5.41, 5.74) is 0. The second kappa shape index (κ2) is 27.6. The van der Waals surface area contributed by atoms with Gasteiger partial charge in [-0.1, -0.05) is 104 Å². The Morgan fingerprint density at radius 1 is 0.743 bits per heavy atom. The number of rotatable bonds is 28. The fourth-order valence-electron chi connectivity index (χ4n) is 4.70. The molecular weight excluding hydrogens is 438 g/mol.